The Bertz CT molecular complexity index is 303. The standard InChI is InChI=1S/C8H13ClO4S/c9-14(10,11)8(1-2-8)5-7-6-12-3-4-13-7/h7H,1-6H2. The van der Waals surface area contributed by atoms with Gasteiger partial charge in [0, 0.05) is 10.7 Å². The maximum atomic E-state index is 11.3. The van der Waals surface area contributed by atoms with Crippen LogP contribution in [0.5, 0.6) is 0 Å². The Morgan fingerprint density at radius 3 is 2.50 bits per heavy atom. The first-order valence-corrected chi connectivity index (χ1v) is 6.98. The summed E-state index contributed by atoms with van der Waals surface area (Å²) in [6, 6.07) is 0. The Balaban J connectivity index is 1.97. The molecule has 1 atom stereocenters. The van der Waals surface area contributed by atoms with E-state index in [9.17, 15) is 8.42 Å². The summed E-state index contributed by atoms with van der Waals surface area (Å²) < 4.78 is 32.4. The van der Waals surface area contributed by atoms with Gasteiger partial charge >= 0.3 is 0 Å². The summed E-state index contributed by atoms with van der Waals surface area (Å²) in [5, 5.41) is 0. The van der Waals surface area contributed by atoms with Crippen LogP contribution in [0.15, 0.2) is 0 Å². The van der Waals surface area contributed by atoms with Crippen LogP contribution in [0.3, 0.4) is 0 Å². The van der Waals surface area contributed by atoms with Crippen molar-refractivity contribution in [3.05, 3.63) is 0 Å². The van der Waals surface area contributed by atoms with E-state index in [1.807, 2.05) is 0 Å². The minimum Gasteiger partial charge on any atom is -0.376 e. The van der Waals surface area contributed by atoms with Crippen LogP contribution in [-0.4, -0.2) is 39.1 Å². The highest BCUT2D eigenvalue weighted by Crippen LogP contribution is 2.49. The lowest BCUT2D eigenvalue weighted by Crippen LogP contribution is -2.34. The van der Waals surface area contributed by atoms with Crippen LogP contribution in [0.1, 0.15) is 19.3 Å². The molecule has 1 unspecified atom stereocenters. The van der Waals surface area contributed by atoms with E-state index in [2.05, 4.69) is 0 Å². The predicted molar refractivity (Wildman–Crippen MR) is 51.9 cm³/mol. The van der Waals surface area contributed by atoms with E-state index >= 15 is 0 Å². The fraction of sp³-hybridized carbons (Fsp3) is 1.00. The van der Waals surface area contributed by atoms with Gasteiger partial charge in [-0.05, 0) is 19.3 Å². The molecule has 2 aliphatic rings. The van der Waals surface area contributed by atoms with Crippen molar-refractivity contribution in [1.29, 1.82) is 0 Å². The molecule has 14 heavy (non-hydrogen) atoms. The van der Waals surface area contributed by atoms with Crippen LogP contribution in [0.25, 0.3) is 0 Å². The number of ether oxygens (including phenoxy) is 2. The first-order chi connectivity index (χ1) is 6.54. The second kappa shape index (κ2) is 3.63. The summed E-state index contributed by atoms with van der Waals surface area (Å²) >= 11 is 0. The second-order valence-corrected chi connectivity index (χ2v) is 6.85. The van der Waals surface area contributed by atoms with E-state index in [-0.39, 0.29) is 6.10 Å². The maximum absolute atomic E-state index is 11.3. The van der Waals surface area contributed by atoms with E-state index in [1.165, 1.54) is 0 Å². The third-order valence-corrected chi connectivity index (χ3v) is 5.40. The Hall–Kier alpha value is 0.160. The Kier molecular flexibility index (Phi) is 2.76. The van der Waals surface area contributed by atoms with Gasteiger partial charge in [0.2, 0.25) is 9.05 Å². The van der Waals surface area contributed by atoms with Gasteiger partial charge in [-0.3, -0.25) is 0 Å². The highest BCUT2D eigenvalue weighted by atomic mass is 35.7. The SMILES string of the molecule is O=S(=O)(Cl)C1(CC2COCCO2)CC1. The minimum atomic E-state index is -3.45. The van der Waals surface area contributed by atoms with Gasteiger partial charge in [0.25, 0.3) is 0 Å². The molecule has 1 heterocycles. The van der Waals surface area contributed by atoms with Crippen molar-refractivity contribution in [1.82, 2.24) is 0 Å². The molecule has 4 nitrogen and oxygen atoms in total. The fourth-order valence-electron chi connectivity index (χ4n) is 1.76. The molecule has 1 aliphatic heterocycles. The zero-order valence-corrected chi connectivity index (χ0v) is 9.31. The van der Waals surface area contributed by atoms with Crippen molar-refractivity contribution in [2.45, 2.75) is 30.1 Å². The molecular weight excluding hydrogens is 228 g/mol. The smallest absolute Gasteiger partial charge is 0.238 e. The summed E-state index contributed by atoms with van der Waals surface area (Å²) in [5.74, 6) is 0. The molecule has 1 aliphatic carbocycles. The molecule has 1 saturated heterocycles. The molecule has 0 N–H and O–H groups in total. The van der Waals surface area contributed by atoms with Gasteiger partial charge in [0.1, 0.15) is 0 Å². The largest absolute Gasteiger partial charge is 0.376 e. The molecule has 0 amide bonds. The van der Waals surface area contributed by atoms with Crippen molar-refractivity contribution in [3.63, 3.8) is 0 Å². The van der Waals surface area contributed by atoms with E-state index in [0.717, 1.165) is 0 Å². The van der Waals surface area contributed by atoms with Crippen LogP contribution >= 0.6 is 10.7 Å². The molecule has 0 radical (unpaired) electrons. The lowest BCUT2D eigenvalue weighted by atomic mass is 10.2. The molecule has 0 aromatic carbocycles. The summed E-state index contributed by atoms with van der Waals surface area (Å²) in [5.41, 5.74) is 0. The molecule has 82 valence electrons. The fourth-order valence-corrected chi connectivity index (χ4v) is 3.38. The topological polar surface area (TPSA) is 52.6 Å². The average molecular weight is 241 g/mol. The summed E-state index contributed by atoms with van der Waals surface area (Å²) in [7, 11) is 1.93. The third kappa shape index (κ3) is 2.05. The summed E-state index contributed by atoms with van der Waals surface area (Å²) in [4.78, 5) is 0. The molecule has 2 fully saturated rings. The van der Waals surface area contributed by atoms with E-state index < -0.39 is 13.8 Å². The van der Waals surface area contributed by atoms with Crippen LogP contribution in [0.4, 0.5) is 0 Å². The highest BCUT2D eigenvalue weighted by Gasteiger charge is 2.55. The van der Waals surface area contributed by atoms with Crippen molar-refractivity contribution >= 4 is 19.7 Å². The number of hydrogen-bond donors (Lipinski definition) is 0. The van der Waals surface area contributed by atoms with Crippen molar-refractivity contribution < 1.29 is 17.9 Å². The quantitative estimate of drug-likeness (QED) is 0.688. The first kappa shape index (κ1) is 10.7. The summed E-state index contributed by atoms with van der Waals surface area (Å²) in [6.45, 7) is 1.62. The highest BCUT2D eigenvalue weighted by molar-refractivity contribution is 8.15. The Labute approximate surface area is 87.9 Å². The average Bonchev–Trinajstić information content (AvgIpc) is 2.86. The molecule has 0 aromatic heterocycles. The molecule has 0 aromatic rings. The third-order valence-electron chi connectivity index (χ3n) is 2.81. The lowest BCUT2D eigenvalue weighted by Gasteiger charge is -2.25. The van der Waals surface area contributed by atoms with Gasteiger partial charge < -0.3 is 9.47 Å². The lowest BCUT2D eigenvalue weighted by molar-refractivity contribution is -0.0913. The molecular formula is C8H13ClO4S. The van der Waals surface area contributed by atoms with Gasteiger partial charge in [-0.2, -0.15) is 0 Å². The van der Waals surface area contributed by atoms with E-state index in [0.29, 0.717) is 39.1 Å². The summed E-state index contributed by atoms with van der Waals surface area (Å²) in [6.07, 6.45) is 1.66. The van der Waals surface area contributed by atoms with Crippen LogP contribution in [-0.2, 0) is 18.5 Å². The zero-order valence-electron chi connectivity index (χ0n) is 7.74. The van der Waals surface area contributed by atoms with E-state index in [1.54, 1.807) is 0 Å². The van der Waals surface area contributed by atoms with Gasteiger partial charge in [-0.1, -0.05) is 0 Å². The van der Waals surface area contributed by atoms with Crippen molar-refractivity contribution in [3.8, 4) is 0 Å². The Morgan fingerprint density at radius 2 is 2.07 bits per heavy atom. The molecule has 0 bridgehead atoms. The van der Waals surface area contributed by atoms with Gasteiger partial charge in [-0.15, -0.1) is 0 Å². The second-order valence-electron chi connectivity index (χ2n) is 3.89. The first-order valence-electron chi connectivity index (χ1n) is 4.67. The molecule has 1 saturated carbocycles. The van der Waals surface area contributed by atoms with Crippen molar-refractivity contribution in [2.75, 3.05) is 19.8 Å². The monoisotopic (exact) mass is 240 g/mol. The van der Waals surface area contributed by atoms with Gasteiger partial charge in [0.15, 0.2) is 0 Å². The molecule has 0 spiro atoms. The maximum Gasteiger partial charge on any atom is 0.238 e. The van der Waals surface area contributed by atoms with Crippen molar-refractivity contribution in [2.24, 2.45) is 0 Å². The number of hydrogen-bond acceptors (Lipinski definition) is 4. The molecule has 6 heteroatoms. The normalized spacial score (nSPS) is 31.4. The minimum absolute atomic E-state index is 0.111. The number of halogens is 1. The number of rotatable bonds is 3. The van der Waals surface area contributed by atoms with Crippen LogP contribution in [0.2, 0.25) is 0 Å². The zero-order chi connectivity index (χ0) is 10.2. The van der Waals surface area contributed by atoms with Gasteiger partial charge in [0.05, 0.1) is 30.7 Å². The van der Waals surface area contributed by atoms with Crippen LogP contribution < -0.4 is 0 Å². The predicted octanol–water partition coefficient (Wildman–Crippen LogP) is 0.893. The van der Waals surface area contributed by atoms with Crippen LogP contribution in [0, 0.1) is 0 Å². The Morgan fingerprint density at radius 1 is 1.36 bits per heavy atom. The van der Waals surface area contributed by atoms with E-state index in [4.69, 9.17) is 20.2 Å². The van der Waals surface area contributed by atoms with Gasteiger partial charge in [-0.25, -0.2) is 8.42 Å². The molecule has 2 rings (SSSR count).